The SMILES string of the molecule is COc1cc(/C=C/C(=O)O)cc2cc(-c3ccccc3F)oc12. The molecule has 3 rings (SSSR count). The van der Waals surface area contributed by atoms with E-state index in [0.717, 1.165) is 6.08 Å². The second kappa shape index (κ2) is 5.96. The van der Waals surface area contributed by atoms with Crippen LogP contribution in [0.3, 0.4) is 0 Å². The number of aliphatic carboxylic acids is 1. The van der Waals surface area contributed by atoms with Gasteiger partial charge in [-0.15, -0.1) is 0 Å². The van der Waals surface area contributed by atoms with Gasteiger partial charge in [-0.1, -0.05) is 12.1 Å². The highest BCUT2D eigenvalue weighted by atomic mass is 19.1. The van der Waals surface area contributed by atoms with Crippen LogP contribution >= 0.6 is 0 Å². The van der Waals surface area contributed by atoms with Gasteiger partial charge in [-0.2, -0.15) is 0 Å². The smallest absolute Gasteiger partial charge is 0.328 e. The Morgan fingerprint density at radius 1 is 1.26 bits per heavy atom. The minimum atomic E-state index is -1.04. The van der Waals surface area contributed by atoms with Crippen LogP contribution in [0.1, 0.15) is 5.56 Å². The van der Waals surface area contributed by atoms with Crippen molar-refractivity contribution in [3.63, 3.8) is 0 Å². The Bertz CT molecular complexity index is 909. The molecule has 0 aliphatic rings. The molecule has 1 N–H and O–H groups in total. The predicted octanol–water partition coefficient (Wildman–Crippen LogP) is 4.35. The van der Waals surface area contributed by atoms with Gasteiger partial charge < -0.3 is 14.3 Å². The highest BCUT2D eigenvalue weighted by molar-refractivity contribution is 5.91. The van der Waals surface area contributed by atoms with Gasteiger partial charge in [0.15, 0.2) is 11.3 Å². The Morgan fingerprint density at radius 2 is 2.04 bits per heavy atom. The molecule has 2 aromatic carbocycles. The van der Waals surface area contributed by atoms with Crippen molar-refractivity contribution in [2.75, 3.05) is 7.11 Å². The van der Waals surface area contributed by atoms with Crippen LogP contribution in [0.25, 0.3) is 28.4 Å². The molecule has 0 fully saturated rings. The number of benzene rings is 2. The Balaban J connectivity index is 2.15. The first-order valence-electron chi connectivity index (χ1n) is 6.86. The Labute approximate surface area is 131 Å². The first kappa shape index (κ1) is 14.8. The number of halogens is 1. The van der Waals surface area contributed by atoms with Crippen molar-refractivity contribution in [3.05, 3.63) is 59.9 Å². The summed E-state index contributed by atoms with van der Waals surface area (Å²) in [4.78, 5) is 10.6. The van der Waals surface area contributed by atoms with Crippen molar-refractivity contribution in [2.24, 2.45) is 0 Å². The van der Waals surface area contributed by atoms with Crippen LogP contribution in [-0.2, 0) is 4.79 Å². The third-order valence-electron chi connectivity index (χ3n) is 3.38. The molecule has 1 aromatic heterocycles. The van der Waals surface area contributed by atoms with E-state index in [9.17, 15) is 9.18 Å². The zero-order valence-electron chi connectivity index (χ0n) is 12.2. The number of carboxylic acids is 1. The first-order chi connectivity index (χ1) is 11.1. The molecule has 5 heteroatoms. The van der Waals surface area contributed by atoms with Crippen LogP contribution in [-0.4, -0.2) is 18.2 Å². The summed E-state index contributed by atoms with van der Waals surface area (Å²) in [5.74, 6) is -0.578. The molecular weight excluding hydrogens is 299 g/mol. The number of ether oxygens (including phenoxy) is 1. The molecule has 0 spiro atoms. The summed E-state index contributed by atoms with van der Waals surface area (Å²) in [5.41, 5.74) is 1.49. The summed E-state index contributed by atoms with van der Waals surface area (Å²) in [5, 5.41) is 9.42. The third kappa shape index (κ3) is 2.94. The fourth-order valence-corrected chi connectivity index (χ4v) is 2.35. The molecule has 0 unspecified atom stereocenters. The normalized spacial score (nSPS) is 11.2. The number of hydrogen-bond donors (Lipinski definition) is 1. The molecule has 0 atom stereocenters. The maximum Gasteiger partial charge on any atom is 0.328 e. The maximum absolute atomic E-state index is 13.9. The monoisotopic (exact) mass is 312 g/mol. The van der Waals surface area contributed by atoms with E-state index in [-0.39, 0.29) is 5.82 Å². The van der Waals surface area contributed by atoms with E-state index >= 15 is 0 Å². The van der Waals surface area contributed by atoms with Crippen LogP contribution in [0, 0.1) is 5.82 Å². The molecule has 0 bridgehead atoms. The number of methoxy groups -OCH3 is 1. The molecule has 0 saturated carbocycles. The Morgan fingerprint density at radius 3 is 2.74 bits per heavy atom. The van der Waals surface area contributed by atoms with Crippen LogP contribution in [0.15, 0.2) is 53.0 Å². The summed E-state index contributed by atoms with van der Waals surface area (Å²) in [7, 11) is 1.49. The number of fused-ring (bicyclic) bond motifs is 1. The Hall–Kier alpha value is -3.08. The van der Waals surface area contributed by atoms with Crippen molar-refractivity contribution in [1.29, 1.82) is 0 Å². The van der Waals surface area contributed by atoms with Crippen molar-refractivity contribution < 1.29 is 23.4 Å². The van der Waals surface area contributed by atoms with E-state index in [1.54, 1.807) is 36.4 Å². The molecule has 0 amide bonds. The lowest BCUT2D eigenvalue weighted by atomic mass is 10.1. The topological polar surface area (TPSA) is 59.7 Å². The number of carboxylic acid groups (broad SMARTS) is 1. The quantitative estimate of drug-likeness (QED) is 0.728. The van der Waals surface area contributed by atoms with Crippen molar-refractivity contribution in [1.82, 2.24) is 0 Å². The lowest BCUT2D eigenvalue weighted by Gasteiger charge is -2.02. The average Bonchev–Trinajstić information content (AvgIpc) is 2.96. The van der Waals surface area contributed by atoms with Gasteiger partial charge in [-0.05, 0) is 42.0 Å². The predicted molar refractivity (Wildman–Crippen MR) is 84.8 cm³/mol. The molecule has 23 heavy (non-hydrogen) atoms. The van der Waals surface area contributed by atoms with Gasteiger partial charge in [0.25, 0.3) is 0 Å². The first-order valence-corrected chi connectivity index (χ1v) is 6.86. The number of hydrogen-bond acceptors (Lipinski definition) is 3. The average molecular weight is 312 g/mol. The van der Waals surface area contributed by atoms with E-state index in [1.165, 1.54) is 19.3 Å². The van der Waals surface area contributed by atoms with Crippen LogP contribution in [0.2, 0.25) is 0 Å². The van der Waals surface area contributed by atoms with Crippen molar-refractivity contribution >= 4 is 23.0 Å². The van der Waals surface area contributed by atoms with Gasteiger partial charge in [0.1, 0.15) is 11.6 Å². The van der Waals surface area contributed by atoms with Crippen LogP contribution in [0.4, 0.5) is 4.39 Å². The van der Waals surface area contributed by atoms with Gasteiger partial charge >= 0.3 is 5.97 Å². The van der Waals surface area contributed by atoms with E-state index < -0.39 is 5.97 Å². The fraction of sp³-hybridized carbons (Fsp3) is 0.0556. The molecule has 0 saturated heterocycles. The molecule has 3 aromatic rings. The molecule has 116 valence electrons. The number of rotatable bonds is 4. The van der Waals surface area contributed by atoms with Crippen LogP contribution in [0.5, 0.6) is 5.75 Å². The molecule has 1 heterocycles. The lowest BCUT2D eigenvalue weighted by Crippen LogP contribution is -1.87. The minimum Gasteiger partial charge on any atom is -0.493 e. The fourth-order valence-electron chi connectivity index (χ4n) is 2.35. The maximum atomic E-state index is 13.9. The van der Waals surface area contributed by atoms with Gasteiger partial charge in [0, 0.05) is 11.5 Å². The second-order valence-electron chi connectivity index (χ2n) is 4.90. The summed E-state index contributed by atoms with van der Waals surface area (Å²) in [6, 6.07) is 11.4. The van der Waals surface area contributed by atoms with E-state index in [1.807, 2.05) is 0 Å². The molecule has 0 aliphatic heterocycles. The number of furan rings is 1. The highest BCUT2D eigenvalue weighted by Gasteiger charge is 2.14. The van der Waals surface area contributed by atoms with Crippen molar-refractivity contribution in [2.45, 2.75) is 0 Å². The Kier molecular flexibility index (Phi) is 3.85. The van der Waals surface area contributed by atoms with E-state index in [4.69, 9.17) is 14.3 Å². The summed E-state index contributed by atoms with van der Waals surface area (Å²) in [6.45, 7) is 0. The molecule has 4 nitrogen and oxygen atoms in total. The minimum absolute atomic E-state index is 0.355. The van der Waals surface area contributed by atoms with Gasteiger partial charge in [-0.25, -0.2) is 9.18 Å². The van der Waals surface area contributed by atoms with Gasteiger partial charge in [0.2, 0.25) is 0 Å². The molecule has 0 radical (unpaired) electrons. The molecule has 0 aliphatic carbocycles. The zero-order valence-corrected chi connectivity index (χ0v) is 12.2. The second-order valence-corrected chi connectivity index (χ2v) is 4.90. The zero-order chi connectivity index (χ0) is 16.4. The standard InChI is InChI=1S/C18H13FO4/c1-22-16-9-11(6-7-17(20)21)8-12-10-15(23-18(12)16)13-4-2-3-5-14(13)19/h2-10H,1H3,(H,20,21)/b7-6+. The van der Waals surface area contributed by atoms with E-state index in [0.29, 0.717) is 33.6 Å². The largest absolute Gasteiger partial charge is 0.493 e. The third-order valence-corrected chi connectivity index (χ3v) is 3.38. The van der Waals surface area contributed by atoms with Gasteiger partial charge in [-0.3, -0.25) is 0 Å². The summed E-state index contributed by atoms with van der Waals surface area (Å²) in [6.07, 6.45) is 2.50. The number of carbonyl (C=O) groups is 1. The highest BCUT2D eigenvalue weighted by Crippen LogP contribution is 2.35. The van der Waals surface area contributed by atoms with Crippen molar-refractivity contribution in [3.8, 4) is 17.1 Å². The summed E-state index contributed by atoms with van der Waals surface area (Å²) >= 11 is 0. The van der Waals surface area contributed by atoms with E-state index in [2.05, 4.69) is 0 Å². The van der Waals surface area contributed by atoms with Gasteiger partial charge in [0.05, 0.1) is 12.7 Å². The van der Waals surface area contributed by atoms with Crippen LogP contribution < -0.4 is 4.74 Å². The summed E-state index contributed by atoms with van der Waals surface area (Å²) < 4.78 is 24.9. The lowest BCUT2D eigenvalue weighted by molar-refractivity contribution is -0.131. The molecular formula is C18H13FO4.